The molecule has 0 saturated carbocycles. The van der Waals surface area contributed by atoms with E-state index in [9.17, 15) is 5.26 Å². The summed E-state index contributed by atoms with van der Waals surface area (Å²) >= 11 is 1.59. The molecule has 9 heteroatoms. The second kappa shape index (κ2) is 12.5. The molecule has 0 radical (unpaired) electrons. The van der Waals surface area contributed by atoms with Crippen LogP contribution in [0.15, 0.2) is 47.5 Å². The third kappa shape index (κ3) is 8.74. The minimum Gasteiger partial charge on any atom is -0.473 e. The third-order valence-electron chi connectivity index (χ3n) is 3.63. The molecule has 2 atom stereocenters. The summed E-state index contributed by atoms with van der Waals surface area (Å²) in [6.07, 6.45) is 0.753. The topological polar surface area (TPSA) is 147 Å². The molecular formula is C20H23N3O5S. The average molecular weight is 417 g/mol. The number of hydrogen-bond donors (Lipinski definition) is 3. The summed E-state index contributed by atoms with van der Waals surface area (Å²) in [6, 6.07) is 16.0. The highest BCUT2D eigenvalue weighted by atomic mass is 32.2. The van der Waals surface area contributed by atoms with Gasteiger partial charge in [-0.1, -0.05) is 42.1 Å². The van der Waals surface area contributed by atoms with Gasteiger partial charge >= 0.3 is 11.9 Å². The van der Waals surface area contributed by atoms with Crippen LogP contribution in [0.5, 0.6) is 0 Å². The van der Waals surface area contributed by atoms with Crippen LogP contribution in [0.1, 0.15) is 28.5 Å². The van der Waals surface area contributed by atoms with Crippen LogP contribution < -0.4 is 5.73 Å². The maximum absolute atomic E-state index is 9.31. The van der Waals surface area contributed by atoms with Gasteiger partial charge in [0, 0.05) is 24.1 Å². The molecule has 0 aliphatic carbocycles. The monoisotopic (exact) mass is 417 g/mol. The van der Waals surface area contributed by atoms with Crippen molar-refractivity contribution < 1.29 is 24.5 Å². The molecule has 0 amide bonds. The fourth-order valence-electron chi connectivity index (χ4n) is 2.32. The number of pyridine rings is 1. The molecule has 1 heterocycles. The van der Waals surface area contributed by atoms with Gasteiger partial charge in [-0.25, -0.2) is 14.6 Å². The molecule has 0 unspecified atom stereocenters. The van der Waals surface area contributed by atoms with E-state index in [0.717, 1.165) is 17.1 Å². The molecule has 154 valence electrons. The van der Waals surface area contributed by atoms with E-state index in [4.69, 9.17) is 30.3 Å². The summed E-state index contributed by atoms with van der Waals surface area (Å²) < 4.78 is 5.15. The Labute approximate surface area is 173 Å². The van der Waals surface area contributed by atoms with Crippen molar-refractivity contribution in [2.75, 3.05) is 13.7 Å². The van der Waals surface area contributed by atoms with Gasteiger partial charge in [-0.05, 0) is 31.0 Å². The van der Waals surface area contributed by atoms with Crippen LogP contribution in [-0.4, -0.2) is 46.9 Å². The van der Waals surface area contributed by atoms with Gasteiger partial charge in [-0.15, -0.1) is 0 Å². The summed E-state index contributed by atoms with van der Waals surface area (Å²) in [5, 5.41) is 25.0. The summed E-state index contributed by atoms with van der Waals surface area (Å²) in [5.41, 5.74) is 8.83. The van der Waals surface area contributed by atoms with E-state index in [1.807, 2.05) is 37.3 Å². The largest absolute Gasteiger partial charge is 0.473 e. The number of aromatic nitrogens is 1. The number of carboxylic acid groups (broad SMARTS) is 2. The van der Waals surface area contributed by atoms with Crippen molar-refractivity contribution in [3.63, 3.8) is 0 Å². The number of thioether (sulfide) groups is 1. The number of nitriles is 1. The highest BCUT2D eigenvalue weighted by molar-refractivity contribution is 7.99. The number of rotatable bonds is 7. The molecule has 2 aromatic rings. The predicted molar refractivity (Wildman–Crippen MR) is 108 cm³/mol. The molecule has 0 aliphatic rings. The molecule has 0 spiro atoms. The standard InChI is InChI=1S/C18H21N3OS.C2H2O4/c1-13-8-9-15(11-19)18(21-13)23-17(10-16(20)12-22-2)14-6-4-3-5-7-14;3-1(4)2(5)6/h3-9,16-17H,10,12,20H2,1-2H3;(H,3,4)(H,5,6)/t16-,17+;/m0./s1. The van der Waals surface area contributed by atoms with E-state index in [1.165, 1.54) is 5.56 Å². The molecular weight excluding hydrogens is 394 g/mol. The summed E-state index contributed by atoms with van der Waals surface area (Å²) in [4.78, 5) is 22.7. The van der Waals surface area contributed by atoms with Gasteiger partial charge in [-0.3, -0.25) is 0 Å². The van der Waals surface area contributed by atoms with Gasteiger partial charge in [0.15, 0.2) is 0 Å². The minimum absolute atomic E-state index is 0.0620. The fourth-order valence-corrected chi connectivity index (χ4v) is 3.66. The van der Waals surface area contributed by atoms with Crippen LogP contribution in [0.3, 0.4) is 0 Å². The van der Waals surface area contributed by atoms with Crippen LogP contribution in [0.4, 0.5) is 0 Å². The van der Waals surface area contributed by atoms with Gasteiger partial charge in [0.1, 0.15) is 11.1 Å². The Hall–Kier alpha value is -2.93. The molecule has 29 heavy (non-hydrogen) atoms. The second-order valence-electron chi connectivity index (χ2n) is 6.00. The molecule has 0 saturated heterocycles. The number of hydrogen-bond acceptors (Lipinski definition) is 7. The van der Waals surface area contributed by atoms with Crippen molar-refractivity contribution in [2.45, 2.75) is 29.7 Å². The van der Waals surface area contributed by atoms with Crippen molar-refractivity contribution in [3.05, 3.63) is 59.3 Å². The van der Waals surface area contributed by atoms with E-state index in [1.54, 1.807) is 18.9 Å². The molecule has 2 rings (SSSR count). The first kappa shape index (κ1) is 24.1. The molecule has 0 bridgehead atoms. The van der Waals surface area contributed by atoms with Gasteiger partial charge in [-0.2, -0.15) is 5.26 Å². The number of nitrogens with zero attached hydrogens (tertiary/aromatic N) is 2. The van der Waals surface area contributed by atoms with Crippen molar-refractivity contribution in [3.8, 4) is 6.07 Å². The van der Waals surface area contributed by atoms with E-state index in [2.05, 4.69) is 23.2 Å². The van der Waals surface area contributed by atoms with Crippen LogP contribution in [0.25, 0.3) is 0 Å². The Balaban J connectivity index is 0.000000612. The molecule has 4 N–H and O–H groups in total. The third-order valence-corrected chi connectivity index (χ3v) is 4.91. The smallest absolute Gasteiger partial charge is 0.414 e. The number of benzene rings is 1. The number of methoxy groups -OCH3 is 1. The SMILES string of the molecule is COC[C@@H](N)C[C@@H](Sc1nc(C)ccc1C#N)c1ccccc1.O=C(O)C(=O)O. The first-order valence-corrected chi connectivity index (χ1v) is 9.46. The van der Waals surface area contributed by atoms with Crippen LogP contribution in [0.2, 0.25) is 0 Å². The lowest BCUT2D eigenvalue weighted by Crippen LogP contribution is -2.27. The normalized spacial score (nSPS) is 12.1. The quantitative estimate of drug-likeness (QED) is 0.457. The highest BCUT2D eigenvalue weighted by Crippen LogP contribution is 2.38. The first-order chi connectivity index (χ1) is 13.8. The lowest BCUT2D eigenvalue weighted by molar-refractivity contribution is -0.159. The summed E-state index contributed by atoms with van der Waals surface area (Å²) in [7, 11) is 1.65. The Morgan fingerprint density at radius 2 is 1.83 bits per heavy atom. The van der Waals surface area contributed by atoms with Gasteiger partial charge < -0.3 is 20.7 Å². The van der Waals surface area contributed by atoms with Crippen molar-refractivity contribution in [1.29, 1.82) is 5.26 Å². The molecule has 0 fully saturated rings. The maximum Gasteiger partial charge on any atom is 0.414 e. The molecule has 1 aromatic carbocycles. The van der Waals surface area contributed by atoms with Crippen LogP contribution >= 0.6 is 11.8 Å². The molecule has 8 nitrogen and oxygen atoms in total. The number of nitrogens with two attached hydrogens (primary N) is 1. The first-order valence-electron chi connectivity index (χ1n) is 8.58. The average Bonchev–Trinajstić information content (AvgIpc) is 2.69. The number of aliphatic carboxylic acids is 2. The number of ether oxygens (including phenoxy) is 1. The van der Waals surface area contributed by atoms with E-state index >= 15 is 0 Å². The van der Waals surface area contributed by atoms with Gasteiger partial charge in [0.25, 0.3) is 0 Å². The minimum atomic E-state index is -1.82. The zero-order valence-corrected chi connectivity index (χ0v) is 16.9. The van der Waals surface area contributed by atoms with Gasteiger partial charge in [0.2, 0.25) is 0 Å². The summed E-state index contributed by atoms with van der Waals surface area (Å²) in [6.45, 7) is 2.44. The van der Waals surface area contributed by atoms with Crippen molar-refractivity contribution >= 4 is 23.7 Å². The second-order valence-corrected chi connectivity index (χ2v) is 7.19. The Morgan fingerprint density at radius 1 is 1.21 bits per heavy atom. The van der Waals surface area contributed by atoms with Crippen molar-refractivity contribution in [2.24, 2.45) is 5.73 Å². The van der Waals surface area contributed by atoms with E-state index < -0.39 is 11.9 Å². The maximum atomic E-state index is 9.31. The lowest BCUT2D eigenvalue weighted by Gasteiger charge is -2.21. The van der Waals surface area contributed by atoms with Crippen LogP contribution in [-0.2, 0) is 14.3 Å². The zero-order chi connectivity index (χ0) is 21.8. The number of carboxylic acids is 2. The zero-order valence-electron chi connectivity index (χ0n) is 16.1. The lowest BCUT2D eigenvalue weighted by atomic mass is 10.1. The predicted octanol–water partition coefficient (Wildman–Crippen LogP) is 2.61. The number of carbonyl (C=O) groups is 2. The van der Waals surface area contributed by atoms with E-state index in [-0.39, 0.29) is 11.3 Å². The Kier molecular flexibility index (Phi) is 10.4. The number of aryl methyl sites for hydroxylation is 1. The van der Waals surface area contributed by atoms with E-state index in [0.29, 0.717) is 12.2 Å². The Morgan fingerprint density at radius 3 is 2.34 bits per heavy atom. The van der Waals surface area contributed by atoms with Crippen LogP contribution in [0, 0.1) is 18.3 Å². The molecule has 1 aromatic heterocycles. The van der Waals surface area contributed by atoms with Crippen molar-refractivity contribution in [1.82, 2.24) is 4.98 Å². The van der Waals surface area contributed by atoms with Gasteiger partial charge in [0.05, 0.1) is 12.2 Å². The summed E-state index contributed by atoms with van der Waals surface area (Å²) in [5.74, 6) is -3.65. The highest BCUT2D eigenvalue weighted by Gasteiger charge is 2.19. The Bertz CT molecular complexity index is 843. The molecule has 0 aliphatic heterocycles. The fraction of sp³-hybridized carbons (Fsp3) is 0.300.